The first-order valence-corrected chi connectivity index (χ1v) is 52.6. The predicted octanol–water partition coefficient (Wildman–Crippen LogP) is 29.2. The van der Waals surface area contributed by atoms with E-state index in [1.807, 2.05) is 75.7 Å². The Kier molecular flexibility index (Phi) is 51.9. The second-order valence-corrected chi connectivity index (χ2v) is 45.2. The Morgan fingerprint density at radius 3 is 1.01 bits per heavy atom. The minimum Gasteiger partial charge on any atom is 0 e. The van der Waals surface area contributed by atoms with E-state index in [1.54, 1.807) is 23.9 Å². The van der Waals surface area contributed by atoms with Crippen molar-refractivity contribution in [1.82, 2.24) is 0 Å². The van der Waals surface area contributed by atoms with Gasteiger partial charge in [0, 0.05) is 34.7 Å². The molecule has 0 saturated heterocycles. The Morgan fingerprint density at radius 1 is 0.391 bits per heavy atom. The number of aryl methyl sites for hydroxylation is 10. The number of aliphatic hydroxyl groups is 2. The van der Waals surface area contributed by atoms with E-state index in [0.717, 1.165) is 73.9 Å². The quantitative estimate of drug-likeness (QED) is 0.0139. The first kappa shape index (κ1) is 112. The summed E-state index contributed by atoms with van der Waals surface area (Å²) >= 11 is 15.3. The van der Waals surface area contributed by atoms with E-state index in [0.29, 0.717) is 12.0 Å². The van der Waals surface area contributed by atoms with Crippen LogP contribution in [0.15, 0.2) is 286 Å². The molecule has 13 aromatic rings. The Bertz CT molecular complexity index is 5600. The van der Waals surface area contributed by atoms with Crippen molar-refractivity contribution in [3.8, 4) is 0 Å². The maximum Gasteiger partial charge on any atom is 0 e. The number of hydrogen-bond donors (Lipinski definition) is 4. The number of rotatable bonds is 21. The molecule has 0 aliphatic carbocycles. The second kappa shape index (κ2) is 59.2. The zero-order valence-electron chi connectivity index (χ0n) is 77.0. The molecule has 0 unspecified atom stereocenters. The molecule has 13 rings (SSSR count). The smallest absolute Gasteiger partial charge is 0 e. The van der Waals surface area contributed by atoms with Crippen molar-refractivity contribution < 1.29 is 29.7 Å². The van der Waals surface area contributed by atoms with Crippen LogP contribution in [-0.2, 0) is 30.4 Å². The van der Waals surface area contributed by atoms with Crippen molar-refractivity contribution in [2.75, 3.05) is 25.7 Å². The van der Waals surface area contributed by atoms with Gasteiger partial charge in [-0.3, -0.25) is 4.79 Å². The number of aromatic carboxylic acids is 1. The first-order valence-electron chi connectivity index (χ1n) is 42.3. The van der Waals surface area contributed by atoms with Gasteiger partial charge in [0.15, 0.2) is 0 Å². The van der Waals surface area contributed by atoms with Crippen LogP contribution in [-0.4, -0.2) is 67.9 Å². The molecule has 13 aromatic carbocycles. The number of hydrogen-bond acceptors (Lipinski definition) is 7. The van der Waals surface area contributed by atoms with E-state index in [1.165, 1.54) is 146 Å². The zero-order chi connectivity index (χ0) is 93.6. The predicted molar refractivity (Wildman–Crippen MR) is 599 cm³/mol. The summed E-state index contributed by atoms with van der Waals surface area (Å²) in [6, 6.07) is 95.0. The normalized spacial score (nSPS) is 10.8. The summed E-state index contributed by atoms with van der Waals surface area (Å²) in [5, 5.41) is 26.4. The summed E-state index contributed by atoms with van der Waals surface area (Å²) in [7, 11) is 0. The van der Waals surface area contributed by atoms with Crippen molar-refractivity contribution >= 4 is 202 Å². The molecule has 0 aromatic heterocycles. The molecule has 3 radical (unpaired) electrons. The van der Waals surface area contributed by atoms with Crippen LogP contribution in [0, 0.1) is 111 Å². The fourth-order valence-corrected chi connectivity index (χ4v) is 24.0. The fourth-order valence-electron chi connectivity index (χ4n) is 14.2. The molecule has 0 heterocycles. The number of aldehydes is 2. The monoisotopic (exact) mass is 2250 g/mol. The van der Waals surface area contributed by atoms with Gasteiger partial charge in [-0.2, -0.15) is 11.8 Å². The van der Waals surface area contributed by atoms with Crippen LogP contribution < -0.4 is 21.6 Å². The summed E-state index contributed by atoms with van der Waals surface area (Å²) < 4.78 is 4.66. The van der Waals surface area contributed by atoms with E-state index in [-0.39, 0.29) is 21.6 Å². The van der Waals surface area contributed by atoms with Crippen LogP contribution in [0.4, 0.5) is 0 Å². The molecule has 5 N–H and O–H groups in total. The van der Waals surface area contributed by atoms with Gasteiger partial charge in [-0.05, 0) is 359 Å². The molecule has 7 nitrogen and oxygen atoms in total. The molecule has 0 fully saturated rings. The molecule has 0 amide bonds. The minimum absolute atomic E-state index is 0. The molecule has 128 heavy (non-hydrogen) atoms. The van der Waals surface area contributed by atoms with Crippen molar-refractivity contribution in [2.45, 2.75) is 135 Å². The van der Waals surface area contributed by atoms with Crippen LogP contribution in [0.2, 0.25) is 0 Å². The minimum atomic E-state index is -2.93. The van der Waals surface area contributed by atoms with E-state index in [2.05, 4.69) is 443 Å². The average molecular weight is 2250 g/mol. The zero-order valence-corrected chi connectivity index (χ0v) is 88.9. The van der Waals surface area contributed by atoms with Gasteiger partial charge in [0.2, 0.25) is 0 Å². The first-order chi connectivity index (χ1) is 60.8. The largest absolute Gasteiger partial charge is 0 e. The number of nitrogens with two attached hydrogens (primary N) is 1. The topological polar surface area (TPSA) is 138 Å². The van der Waals surface area contributed by atoms with Gasteiger partial charge in [-0.15, -0.1) is 6.58 Å². The second-order valence-electron chi connectivity index (χ2n) is 30.8. The molecule has 0 bridgehead atoms. The summed E-state index contributed by atoms with van der Waals surface area (Å²) in [6.07, 6.45) is 25.1. The Hall–Kier alpha value is -8.25. The maximum atomic E-state index is 10.6. The number of halogens is 5. The van der Waals surface area contributed by atoms with E-state index in [4.69, 9.17) is 21.1 Å². The number of carbonyl (C=O) groups is 3. The van der Waals surface area contributed by atoms with E-state index >= 15 is 0 Å². The molecule has 0 aliphatic rings. The van der Waals surface area contributed by atoms with Crippen LogP contribution in [0.25, 0.3) is 36.5 Å². The number of benzene rings is 13. The summed E-state index contributed by atoms with van der Waals surface area (Å²) in [5.41, 5.74) is 37.3. The Balaban J connectivity index is 0.000000317. The molecule has 0 spiro atoms. The Labute approximate surface area is 834 Å². The van der Waals surface area contributed by atoms with Crippen LogP contribution >= 0.6 is 123 Å². The average Bonchev–Trinajstić information content (AvgIpc) is 0.700. The number of carbonyl (C=O) groups excluding carboxylic acids is 2. The molecule has 0 aliphatic heterocycles. The van der Waals surface area contributed by atoms with Gasteiger partial charge in [0.25, 0.3) is 0 Å². The van der Waals surface area contributed by atoms with Crippen molar-refractivity contribution in [2.24, 2.45) is 5.73 Å². The van der Waals surface area contributed by atoms with Gasteiger partial charge in [0.05, 0.1) is 18.8 Å². The molecular formula is C113H125BBrI4NO6PS. The van der Waals surface area contributed by atoms with Crippen molar-refractivity contribution in [1.29, 1.82) is 0 Å². The molecule has 0 atom stereocenters. The SMILES string of the molecule is C=CCO.CSC.Cc1c(I)cccc1C(=O)O.Cc1c(I)cccc1C=O.Cc1c(I)cccc1CO.Cc1cccc(C)c1/C=C/c1cccc(CCCN)c1C.Cc1cccc(C)c1C=Cc1cccc(CCC=O)c1C.Cc1cccc(C)c1C=Cc1cccc(I)c1C.Cc1cccc(C)c1CP(Br)(c1ccccc1)(c1ccccc1)c1ccccc1.[B]. The number of thioether (sulfide) groups is 1. The molecule has 667 valence electrons. The van der Waals surface area contributed by atoms with Gasteiger partial charge < -0.3 is 25.8 Å². The number of aliphatic hydroxyl groups excluding tert-OH is 2. The summed E-state index contributed by atoms with van der Waals surface area (Å²) in [4.78, 5) is 31.5. The van der Waals surface area contributed by atoms with Gasteiger partial charge >= 0.3 is 189 Å². The summed E-state index contributed by atoms with van der Waals surface area (Å²) in [6.45, 7) is 33.9. The molecule has 0 saturated carbocycles. The van der Waals surface area contributed by atoms with Crippen molar-refractivity contribution in [3.05, 3.63) is 445 Å². The number of carboxylic acid groups (broad SMARTS) is 1. The van der Waals surface area contributed by atoms with Crippen LogP contribution in [0.5, 0.6) is 0 Å². The fraction of sp³-hybridized carbons (Fsp3) is 0.212. The Morgan fingerprint density at radius 2 is 0.688 bits per heavy atom. The van der Waals surface area contributed by atoms with Gasteiger partial charge in [-0.25, -0.2) is 4.79 Å². The summed E-state index contributed by atoms with van der Waals surface area (Å²) in [5.74, 6) is -0.860. The van der Waals surface area contributed by atoms with Crippen LogP contribution in [0.3, 0.4) is 0 Å². The van der Waals surface area contributed by atoms with Gasteiger partial charge in [0.1, 0.15) is 12.6 Å². The third kappa shape index (κ3) is 33.9. The maximum absolute atomic E-state index is 10.6. The van der Waals surface area contributed by atoms with E-state index < -0.39 is 11.3 Å². The van der Waals surface area contributed by atoms with Gasteiger partial charge in [-0.1, -0.05) is 176 Å². The standard InChI is InChI=1S/C27H26BrP.C20H25N.C20H22O.C17H17I.C8H7IO2.C8H9IO.C8H7IO.C3H6O.C2H6S.B/c1-22-13-12-14-23(2)27(22)21-29(28,24-15-6-3-7-16-24,25-17-8-4-9-18-25)26-19-10-5-11-20-26;2*1-15-7-4-8-16(2)20(15)13-12-19-10-5-9-18(17(19)3)11-6-14-21;1-12-6-4-7-13(2)16(12)11-10-15-8-5-9-17(18)14(15)3;1-5-6(8(10)11)3-2-4-7(5)9;2*1-6-7(5-10)3-2-4-8(6)9;1-2-3-4;1-3-2;/h3-20H,21H2,1-2H3;4-5,7-10,12-13H,6,11,14,21H2,1-3H3;4-5,7-10,12-14H,6,11H2,1-3H3;4-11H,1-3H3;2-4H,1H3,(H,10,11);2-4,10H,5H2,1H3;2-5H,1H3;2,4H,1,3H2;1-2H3;/b;13-12+;;;;;;;;. The molecular weight excluding hydrogens is 2130 g/mol. The number of carboxylic acids is 1. The van der Waals surface area contributed by atoms with Crippen LogP contribution in [0.1, 0.15) is 167 Å². The van der Waals surface area contributed by atoms with Crippen molar-refractivity contribution in [3.63, 3.8) is 0 Å². The third-order valence-corrected chi connectivity index (χ3v) is 36.1. The van der Waals surface area contributed by atoms with E-state index in [9.17, 15) is 14.4 Å². The molecule has 15 heteroatoms. The third-order valence-electron chi connectivity index (χ3n) is 22.0.